The van der Waals surface area contributed by atoms with Crippen LogP contribution in [0.4, 0.5) is 9.59 Å². The van der Waals surface area contributed by atoms with Gasteiger partial charge < -0.3 is 23.7 Å². The van der Waals surface area contributed by atoms with Gasteiger partial charge in [-0.3, -0.25) is 14.3 Å². The van der Waals surface area contributed by atoms with Gasteiger partial charge in [-0.25, -0.2) is 19.5 Å². The van der Waals surface area contributed by atoms with Crippen molar-refractivity contribution in [3.8, 4) is 11.3 Å². The fourth-order valence-corrected chi connectivity index (χ4v) is 8.46. The Kier molecular flexibility index (Phi) is 11.7. The number of imidazole rings is 1. The minimum Gasteiger partial charge on any atom is -0.480 e. The van der Waals surface area contributed by atoms with Gasteiger partial charge in [-0.1, -0.05) is 24.3 Å². The molecule has 1 aromatic heterocycles. The van der Waals surface area contributed by atoms with Gasteiger partial charge in [0, 0.05) is 45.0 Å². The number of imide groups is 1. The monoisotopic (exact) mass is 648 g/mol. The molecule has 2 heterocycles. The third kappa shape index (κ3) is 9.17. The van der Waals surface area contributed by atoms with Crippen LogP contribution in [-0.2, 0) is 36.9 Å². The van der Waals surface area contributed by atoms with Crippen molar-refractivity contribution in [2.24, 2.45) is 7.05 Å². The van der Waals surface area contributed by atoms with Crippen LogP contribution in [0.1, 0.15) is 73.3 Å². The molecule has 0 spiro atoms. The number of aryl methyl sites for hydroxylation is 1. The van der Waals surface area contributed by atoms with Crippen molar-refractivity contribution in [3.63, 3.8) is 0 Å². The summed E-state index contributed by atoms with van der Waals surface area (Å²) >= 11 is 0. The molecule has 2 atom stereocenters. The molecule has 0 bridgehead atoms. The molecule has 1 saturated heterocycles. The molecule has 1 aliphatic heterocycles. The number of amides is 2. The van der Waals surface area contributed by atoms with Gasteiger partial charge in [0.25, 0.3) is 0 Å². The van der Waals surface area contributed by atoms with Gasteiger partial charge in [0.2, 0.25) is 7.37 Å². The van der Waals surface area contributed by atoms with E-state index in [1.807, 2.05) is 40.8 Å². The lowest BCUT2D eigenvalue weighted by atomic mass is 9.98. The summed E-state index contributed by atoms with van der Waals surface area (Å²) in [5.74, 6) is -1.18. The van der Waals surface area contributed by atoms with Gasteiger partial charge in [0.05, 0.1) is 24.8 Å². The standard InChI is InChI=1S/C32H49N4O8P/c1-9-42-45(41)19-18-35(21-24-14-10-11-15-25(24)26-20-33-23-34(26)8)22-32(45,27(37)38)16-12-13-17-36(28(39)43-30(2,3)4)29(40)44-31(5,6)7/h10-11,14-15,20,23H,9,12-13,16-19,21-22H2,1-8H3,(H,37,38). The number of aromatic nitrogens is 2. The molecule has 3 rings (SSSR count). The van der Waals surface area contributed by atoms with Gasteiger partial charge in [-0.2, -0.15) is 0 Å². The number of nitrogens with zero attached hydrogens (tertiary/aromatic N) is 4. The van der Waals surface area contributed by atoms with Crippen LogP contribution in [0.2, 0.25) is 0 Å². The van der Waals surface area contributed by atoms with Gasteiger partial charge in [-0.05, 0) is 73.3 Å². The first-order valence-electron chi connectivity index (χ1n) is 15.4. The SMILES string of the molecule is CCOP1(=O)CCN(Cc2ccccc2-c2cncn2C)CC1(CCCCN(C(=O)OC(C)(C)C)C(=O)OC(C)(C)C)C(=O)O. The van der Waals surface area contributed by atoms with Crippen molar-refractivity contribution in [1.82, 2.24) is 19.4 Å². The molecule has 0 aliphatic carbocycles. The highest BCUT2D eigenvalue weighted by Gasteiger charge is 2.58. The summed E-state index contributed by atoms with van der Waals surface area (Å²) in [7, 11) is -1.71. The van der Waals surface area contributed by atoms with E-state index in [-0.39, 0.29) is 45.1 Å². The number of unbranched alkanes of at least 4 members (excludes halogenated alkanes) is 1. The summed E-state index contributed by atoms with van der Waals surface area (Å²) in [4.78, 5) is 46.1. The Morgan fingerprint density at radius 1 is 1.04 bits per heavy atom. The first kappa shape index (κ1) is 36.3. The highest BCUT2D eigenvalue weighted by atomic mass is 31.2. The molecule has 250 valence electrons. The lowest BCUT2D eigenvalue weighted by molar-refractivity contribution is -0.141. The maximum absolute atomic E-state index is 14.3. The lowest BCUT2D eigenvalue weighted by Crippen LogP contribution is -2.54. The Morgan fingerprint density at radius 2 is 1.67 bits per heavy atom. The number of hydrogen-bond acceptors (Lipinski definition) is 9. The minimum atomic E-state index is -3.63. The molecule has 0 radical (unpaired) electrons. The number of carbonyl (C=O) groups is 3. The van der Waals surface area contributed by atoms with Gasteiger partial charge >= 0.3 is 18.2 Å². The van der Waals surface area contributed by atoms with Gasteiger partial charge in [0.1, 0.15) is 11.2 Å². The Bertz CT molecular complexity index is 1370. The van der Waals surface area contributed by atoms with E-state index in [0.717, 1.165) is 21.7 Å². The predicted molar refractivity (Wildman–Crippen MR) is 171 cm³/mol. The molecule has 12 nitrogen and oxygen atoms in total. The van der Waals surface area contributed by atoms with E-state index >= 15 is 0 Å². The van der Waals surface area contributed by atoms with Crippen molar-refractivity contribution in [1.29, 1.82) is 0 Å². The molecular formula is C32H49N4O8P. The van der Waals surface area contributed by atoms with E-state index in [1.165, 1.54) is 0 Å². The third-order valence-electron chi connectivity index (χ3n) is 7.54. The maximum Gasteiger partial charge on any atom is 0.419 e. The number of hydrogen-bond donors (Lipinski definition) is 1. The van der Waals surface area contributed by atoms with Crippen LogP contribution in [0.15, 0.2) is 36.8 Å². The number of rotatable bonds is 11. The summed E-state index contributed by atoms with van der Waals surface area (Å²) < 4.78 is 32.9. The summed E-state index contributed by atoms with van der Waals surface area (Å²) in [6, 6.07) is 7.90. The summed E-state index contributed by atoms with van der Waals surface area (Å²) in [5.41, 5.74) is 1.25. The number of ether oxygens (including phenoxy) is 2. The zero-order valence-corrected chi connectivity index (χ0v) is 28.8. The van der Waals surface area contributed by atoms with E-state index < -0.39 is 41.9 Å². The van der Waals surface area contributed by atoms with Crippen molar-refractivity contribution in [2.75, 3.05) is 32.4 Å². The average Bonchev–Trinajstić information content (AvgIpc) is 3.34. The summed E-state index contributed by atoms with van der Waals surface area (Å²) in [6.45, 7) is 12.9. The largest absolute Gasteiger partial charge is 0.480 e. The molecule has 0 saturated carbocycles. The zero-order valence-electron chi connectivity index (χ0n) is 27.9. The maximum atomic E-state index is 14.3. The zero-order chi connectivity index (χ0) is 33.6. The van der Waals surface area contributed by atoms with E-state index in [0.29, 0.717) is 13.1 Å². The van der Waals surface area contributed by atoms with Crippen LogP contribution in [0, 0.1) is 0 Å². The van der Waals surface area contributed by atoms with Crippen LogP contribution in [-0.4, -0.2) is 91.4 Å². The normalized spacial score (nSPS) is 20.9. The van der Waals surface area contributed by atoms with Crippen LogP contribution in [0.3, 0.4) is 0 Å². The molecule has 2 unspecified atom stereocenters. The quantitative estimate of drug-likeness (QED) is 0.215. The van der Waals surface area contributed by atoms with Gasteiger partial charge in [-0.15, -0.1) is 0 Å². The molecule has 13 heteroatoms. The molecule has 1 aliphatic rings. The van der Waals surface area contributed by atoms with Crippen LogP contribution in [0.25, 0.3) is 11.3 Å². The molecule has 2 aromatic rings. The second-order valence-electron chi connectivity index (χ2n) is 13.5. The lowest BCUT2D eigenvalue weighted by Gasteiger charge is -2.45. The topological polar surface area (TPSA) is 140 Å². The first-order chi connectivity index (χ1) is 20.9. The smallest absolute Gasteiger partial charge is 0.419 e. The number of benzene rings is 1. The average molecular weight is 649 g/mol. The van der Waals surface area contributed by atoms with Crippen molar-refractivity contribution in [3.05, 3.63) is 42.4 Å². The highest BCUT2D eigenvalue weighted by molar-refractivity contribution is 7.62. The number of carboxylic acids is 1. The summed E-state index contributed by atoms with van der Waals surface area (Å²) in [5, 5.41) is 9.01. The Hall–Kier alpha value is -3.21. The third-order valence-corrected chi connectivity index (χ3v) is 10.9. The van der Waals surface area contributed by atoms with Gasteiger partial charge in [0.15, 0.2) is 5.16 Å². The second kappa shape index (κ2) is 14.5. The Labute approximate surface area is 266 Å². The van der Waals surface area contributed by atoms with Crippen molar-refractivity contribution in [2.45, 2.75) is 90.6 Å². The molecule has 1 N–H and O–H groups in total. The number of aliphatic carboxylic acids is 1. The van der Waals surface area contributed by atoms with E-state index in [4.69, 9.17) is 14.0 Å². The predicted octanol–water partition coefficient (Wildman–Crippen LogP) is 6.38. The fraction of sp³-hybridized carbons (Fsp3) is 0.625. The van der Waals surface area contributed by atoms with Crippen LogP contribution >= 0.6 is 7.37 Å². The molecule has 45 heavy (non-hydrogen) atoms. The first-order valence-corrected chi connectivity index (χ1v) is 17.2. The molecule has 1 aromatic carbocycles. The summed E-state index contributed by atoms with van der Waals surface area (Å²) in [6.07, 6.45) is 2.49. The molecular weight excluding hydrogens is 599 g/mol. The van der Waals surface area contributed by atoms with E-state index in [1.54, 1.807) is 61.0 Å². The fourth-order valence-electron chi connectivity index (χ4n) is 5.49. The second-order valence-corrected chi connectivity index (χ2v) is 16.4. The Balaban J connectivity index is 1.82. The van der Waals surface area contributed by atoms with E-state index in [2.05, 4.69) is 4.98 Å². The van der Waals surface area contributed by atoms with Crippen LogP contribution < -0.4 is 0 Å². The van der Waals surface area contributed by atoms with Crippen molar-refractivity contribution >= 4 is 25.5 Å². The number of carboxylic acid groups (broad SMARTS) is 1. The van der Waals surface area contributed by atoms with E-state index in [9.17, 15) is 24.1 Å². The highest BCUT2D eigenvalue weighted by Crippen LogP contribution is 2.63. The molecule has 2 amide bonds. The van der Waals surface area contributed by atoms with Crippen LogP contribution in [0.5, 0.6) is 0 Å². The number of carbonyl (C=O) groups excluding carboxylic acids is 2. The molecule has 1 fully saturated rings. The Morgan fingerprint density at radius 3 is 2.20 bits per heavy atom. The minimum absolute atomic E-state index is 0.0289. The van der Waals surface area contributed by atoms with Crippen molar-refractivity contribution < 1.29 is 38.1 Å².